The lowest BCUT2D eigenvalue weighted by Gasteiger charge is -2.21. The summed E-state index contributed by atoms with van der Waals surface area (Å²) < 4.78 is 68.9. The smallest absolute Gasteiger partial charge is 0.462 e. The van der Waals surface area contributed by atoms with Crippen LogP contribution >= 0.6 is 15.6 Å². The fraction of sp³-hybridized carbons (Fsp3) is 0.954. The van der Waals surface area contributed by atoms with Gasteiger partial charge in [0.2, 0.25) is 0 Å². The van der Waals surface area contributed by atoms with Gasteiger partial charge in [0.25, 0.3) is 0 Å². The standard InChI is InChI=1S/C87H170O17P2/c1-77(2)63-55-47-39-31-24-18-14-11-9-10-12-16-21-28-36-45-53-61-69-86(91)103-82(73-97-84(89)67-59-51-43-35-27-20-17-13-15-19-25-32-40-48-56-64-78(3)4)75-101-105(93,94)99-71-81(88)72-100-106(95,96)102-76-83(74-98-85(90)68-60-52-44-38-30-34-42-50-58-66-80(7)8)104-87(92)70-62-54-46-37-29-23-22-26-33-41-49-57-65-79(5)6/h77-83,88H,9-76H2,1-8H3,(H,93,94)(H,95,96)/t81-,82-,83-/m1/s1. The van der Waals surface area contributed by atoms with Crippen molar-refractivity contribution >= 4 is 39.5 Å². The van der Waals surface area contributed by atoms with E-state index in [4.69, 9.17) is 37.0 Å². The number of unbranched alkanes of at least 4 members (excludes halogenated alkanes) is 50. The van der Waals surface area contributed by atoms with E-state index in [0.717, 1.165) is 114 Å². The SMILES string of the molecule is CC(C)CCCCCCCCCCCCCCCCCCCCC(=O)O[C@H](COC(=O)CCCCCCCCCCCCCCCCCC(C)C)COP(=O)(O)OC[C@@H](O)COP(=O)(O)OC[C@@H](COC(=O)CCCCCCCCCCCC(C)C)OC(=O)CCCCCCCCCCCCCCC(C)C. The maximum Gasteiger partial charge on any atom is 0.472 e. The van der Waals surface area contributed by atoms with E-state index in [-0.39, 0.29) is 25.7 Å². The molecule has 0 fully saturated rings. The van der Waals surface area contributed by atoms with Crippen molar-refractivity contribution in [3.63, 3.8) is 0 Å². The van der Waals surface area contributed by atoms with Gasteiger partial charge in [-0.1, -0.05) is 402 Å². The summed E-state index contributed by atoms with van der Waals surface area (Å²) >= 11 is 0. The second-order valence-electron chi connectivity index (χ2n) is 33.2. The van der Waals surface area contributed by atoms with Crippen LogP contribution in [0.2, 0.25) is 0 Å². The van der Waals surface area contributed by atoms with Gasteiger partial charge >= 0.3 is 39.5 Å². The first kappa shape index (κ1) is 104. The zero-order valence-corrected chi connectivity index (χ0v) is 71.9. The predicted octanol–water partition coefficient (Wildman–Crippen LogP) is 26.3. The number of hydrogen-bond donors (Lipinski definition) is 3. The molecular weight excluding hydrogens is 1380 g/mol. The molecule has 0 saturated carbocycles. The van der Waals surface area contributed by atoms with Crippen molar-refractivity contribution in [3.8, 4) is 0 Å². The van der Waals surface area contributed by atoms with E-state index in [1.54, 1.807) is 0 Å². The van der Waals surface area contributed by atoms with E-state index >= 15 is 0 Å². The molecule has 106 heavy (non-hydrogen) atoms. The van der Waals surface area contributed by atoms with Crippen LogP contribution in [-0.2, 0) is 65.4 Å². The summed E-state index contributed by atoms with van der Waals surface area (Å²) in [6.45, 7) is 14.3. The third kappa shape index (κ3) is 80.1. The van der Waals surface area contributed by atoms with Gasteiger partial charge in [0.05, 0.1) is 26.4 Å². The van der Waals surface area contributed by atoms with Gasteiger partial charge in [-0.15, -0.1) is 0 Å². The largest absolute Gasteiger partial charge is 0.472 e. The van der Waals surface area contributed by atoms with Gasteiger partial charge < -0.3 is 33.8 Å². The Morgan fingerprint density at radius 2 is 0.396 bits per heavy atom. The van der Waals surface area contributed by atoms with Crippen LogP contribution in [0.1, 0.15) is 453 Å². The van der Waals surface area contributed by atoms with Crippen molar-refractivity contribution in [3.05, 3.63) is 0 Å². The molecule has 630 valence electrons. The van der Waals surface area contributed by atoms with Crippen molar-refractivity contribution in [2.45, 2.75) is 472 Å². The molecule has 0 amide bonds. The Labute approximate surface area is 651 Å². The lowest BCUT2D eigenvalue weighted by Crippen LogP contribution is -2.30. The number of hydrogen-bond acceptors (Lipinski definition) is 15. The topological polar surface area (TPSA) is 237 Å². The van der Waals surface area contributed by atoms with Gasteiger partial charge in [-0.2, -0.15) is 0 Å². The Morgan fingerprint density at radius 1 is 0.236 bits per heavy atom. The number of carbonyl (C=O) groups excluding carboxylic acids is 4. The Kier molecular flexibility index (Phi) is 74.3. The average Bonchev–Trinajstić information content (AvgIpc) is 0.901. The highest BCUT2D eigenvalue weighted by molar-refractivity contribution is 7.47. The number of phosphoric acid groups is 2. The summed E-state index contributed by atoms with van der Waals surface area (Å²) in [5.41, 5.74) is 0. The van der Waals surface area contributed by atoms with Gasteiger partial charge in [0.1, 0.15) is 19.3 Å². The number of carbonyl (C=O) groups is 4. The number of rotatable bonds is 84. The highest BCUT2D eigenvalue weighted by Gasteiger charge is 2.31. The van der Waals surface area contributed by atoms with Crippen LogP contribution in [0.4, 0.5) is 0 Å². The third-order valence-corrected chi connectivity index (χ3v) is 22.2. The van der Waals surface area contributed by atoms with Gasteiger partial charge in [-0.3, -0.25) is 37.3 Å². The summed E-state index contributed by atoms with van der Waals surface area (Å²) in [7, 11) is -9.93. The minimum atomic E-state index is -4.97. The van der Waals surface area contributed by atoms with Crippen LogP contribution in [-0.4, -0.2) is 96.7 Å². The maximum absolute atomic E-state index is 13.2. The van der Waals surface area contributed by atoms with E-state index in [9.17, 15) is 43.2 Å². The van der Waals surface area contributed by atoms with Crippen molar-refractivity contribution < 1.29 is 80.2 Å². The quantitative estimate of drug-likeness (QED) is 0.0222. The normalized spacial score (nSPS) is 13.9. The van der Waals surface area contributed by atoms with Crippen LogP contribution in [0.15, 0.2) is 0 Å². The maximum atomic E-state index is 13.2. The summed E-state index contributed by atoms with van der Waals surface area (Å²) in [5, 5.41) is 10.7. The second-order valence-corrected chi connectivity index (χ2v) is 36.1. The fourth-order valence-corrected chi connectivity index (χ4v) is 15.1. The first-order chi connectivity index (χ1) is 51.1. The lowest BCUT2D eigenvalue weighted by molar-refractivity contribution is -0.161. The number of ether oxygens (including phenoxy) is 4. The number of aliphatic hydroxyl groups is 1. The van der Waals surface area contributed by atoms with Crippen LogP contribution in [0.5, 0.6) is 0 Å². The van der Waals surface area contributed by atoms with E-state index in [1.165, 1.54) is 257 Å². The third-order valence-electron chi connectivity index (χ3n) is 20.3. The molecule has 0 aromatic carbocycles. The lowest BCUT2D eigenvalue weighted by atomic mass is 10.0. The first-order valence-corrected chi connectivity index (χ1v) is 47.7. The summed E-state index contributed by atoms with van der Waals surface area (Å²) in [6, 6.07) is 0. The Balaban J connectivity index is 5.25. The molecule has 5 atom stereocenters. The summed E-state index contributed by atoms with van der Waals surface area (Å²) in [4.78, 5) is 73.3. The van der Waals surface area contributed by atoms with E-state index in [0.29, 0.717) is 25.7 Å². The zero-order chi connectivity index (χ0) is 78.1. The molecule has 0 rings (SSSR count). The molecule has 3 N–H and O–H groups in total. The molecule has 0 heterocycles. The molecule has 0 aliphatic rings. The second kappa shape index (κ2) is 75.7. The molecule has 0 radical (unpaired) electrons. The molecule has 0 spiro atoms. The van der Waals surface area contributed by atoms with E-state index in [1.807, 2.05) is 0 Å². The van der Waals surface area contributed by atoms with Gasteiger partial charge in [0, 0.05) is 25.7 Å². The molecule has 0 bridgehead atoms. The molecular formula is C87H170O17P2. The fourth-order valence-electron chi connectivity index (χ4n) is 13.5. The number of aliphatic hydroxyl groups excluding tert-OH is 1. The molecule has 0 aliphatic carbocycles. The van der Waals surface area contributed by atoms with Crippen LogP contribution in [0.25, 0.3) is 0 Å². The Hall–Kier alpha value is -1.94. The van der Waals surface area contributed by atoms with Crippen LogP contribution < -0.4 is 0 Å². The molecule has 2 unspecified atom stereocenters. The monoisotopic (exact) mass is 1550 g/mol. The highest BCUT2D eigenvalue weighted by atomic mass is 31.2. The number of phosphoric ester groups is 2. The molecule has 0 saturated heterocycles. The van der Waals surface area contributed by atoms with Crippen LogP contribution in [0, 0.1) is 23.7 Å². The molecule has 0 aromatic rings. The average molecular weight is 1550 g/mol. The Bertz CT molecular complexity index is 2060. The molecule has 19 heteroatoms. The van der Waals surface area contributed by atoms with Gasteiger partial charge in [0.15, 0.2) is 12.2 Å². The molecule has 0 aliphatic heterocycles. The minimum Gasteiger partial charge on any atom is -0.462 e. The van der Waals surface area contributed by atoms with E-state index < -0.39 is 97.5 Å². The van der Waals surface area contributed by atoms with Crippen molar-refractivity contribution in [1.82, 2.24) is 0 Å². The Morgan fingerprint density at radius 3 is 0.585 bits per heavy atom. The summed E-state index contributed by atoms with van der Waals surface area (Å²) in [5.74, 6) is 1.04. The van der Waals surface area contributed by atoms with Crippen molar-refractivity contribution in [1.29, 1.82) is 0 Å². The van der Waals surface area contributed by atoms with Crippen molar-refractivity contribution in [2.75, 3.05) is 39.6 Å². The van der Waals surface area contributed by atoms with Crippen molar-refractivity contribution in [2.24, 2.45) is 23.7 Å². The first-order valence-electron chi connectivity index (χ1n) is 44.7. The molecule has 0 aromatic heterocycles. The van der Waals surface area contributed by atoms with Gasteiger partial charge in [-0.05, 0) is 49.4 Å². The highest BCUT2D eigenvalue weighted by Crippen LogP contribution is 2.45. The zero-order valence-electron chi connectivity index (χ0n) is 70.1. The van der Waals surface area contributed by atoms with E-state index in [2.05, 4.69) is 55.4 Å². The predicted molar refractivity (Wildman–Crippen MR) is 437 cm³/mol. The molecule has 17 nitrogen and oxygen atoms in total. The summed E-state index contributed by atoms with van der Waals surface area (Å²) in [6.07, 6.45) is 65.3. The van der Waals surface area contributed by atoms with Crippen LogP contribution in [0.3, 0.4) is 0 Å². The van der Waals surface area contributed by atoms with Gasteiger partial charge in [-0.25, -0.2) is 9.13 Å². The minimum absolute atomic E-state index is 0.106. The number of esters is 4.